The van der Waals surface area contributed by atoms with E-state index in [0.717, 1.165) is 30.4 Å². The molecule has 4 aromatic carbocycles. The van der Waals surface area contributed by atoms with Gasteiger partial charge in [-0.1, -0.05) is 109 Å². The van der Waals surface area contributed by atoms with Crippen molar-refractivity contribution in [1.82, 2.24) is 21.3 Å². The van der Waals surface area contributed by atoms with Crippen LogP contribution in [-0.4, -0.2) is 110 Å². The number of guanidine groups is 6. The molecule has 24 N–H and O–H groups in total. The molecule has 0 aromatic heterocycles. The van der Waals surface area contributed by atoms with E-state index in [9.17, 15) is 9.59 Å². The van der Waals surface area contributed by atoms with Gasteiger partial charge in [0.05, 0.1) is 24.8 Å². The first kappa shape index (κ1) is 66.3. The second-order valence-corrected chi connectivity index (χ2v) is 15.7. The molecule has 0 fully saturated rings. The summed E-state index contributed by atoms with van der Waals surface area (Å²) in [7, 11) is 0. The number of carbonyl (C=O) groups is 2. The summed E-state index contributed by atoms with van der Waals surface area (Å²) in [5, 5.41) is 14.7. The smallest absolute Gasteiger partial charge is 0.348 e. The lowest BCUT2D eigenvalue weighted by Crippen LogP contribution is -3.00. The molecule has 26 heteroatoms. The van der Waals surface area contributed by atoms with E-state index < -0.39 is 0 Å². The number of nitrogens with one attached hydrogen (secondary N) is 6. The molecule has 0 saturated heterocycles. The molecule has 0 aliphatic rings. The lowest BCUT2D eigenvalue weighted by Gasteiger charge is -2.10. The molecule has 0 heterocycles. The average Bonchev–Trinajstić information content (AvgIpc) is 3.37. The Labute approximate surface area is 455 Å². The lowest BCUT2D eigenvalue weighted by atomic mass is 10.0. The summed E-state index contributed by atoms with van der Waals surface area (Å²) < 4.78 is 0. The Bertz CT molecular complexity index is 2480. The number of rotatable bonds is 23. The predicted octanol–water partition coefficient (Wildman–Crippen LogP) is -8.94. The summed E-state index contributed by atoms with van der Waals surface area (Å²) in [6, 6.07) is 33.3. The maximum absolute atomic E-state index is 12.5. The van der Waals surface area contributed by atoms with Gasteiger partial charge in [-0.3, -0.25) is 41.0 Å². The van der Waals surface area contributed by atoms with Gasteiger partial charge in [-0.2, -0.15) is 0 Å². The Kier molecular flexibility index (Phi) is 36.6. The van der Waals surface area contributed by atoms with Gasteiger partial charge in [0.15, 0.2) is 28.6 Å². The molecule has 74 heavy (non-hydrogen) atoms. The van der Waals surface area contributed by atoms with E-state index in [1.807, 2.05) is 109 Å². The molecule has 0 amide bonds. The minimum Gasteiger partial charge on any atom is -1.00 e. The minimum absolute atomic E-state index is 0. The Morgan fingerprint density at radius 3 is 1.41 bits per heavy atom. The molecule has 0 bridgehead atoms. The number of hydrogen-bond donors (Lipinski definition) is 15. The van der Waals surface area contributed by atoms with Crippen LogP contribution in [0.5, 0.6) is 0 Å². The first-order valence-corrected chi connectivity index (χ1v) is 23.6. The molecule has 0 unspecified atom stereocenters. The highest BCUT2D eigenvalue weighted by Crippen LogP contribution is 2.13. The number of benzene rings is 4. The summed E-state index contributed by atoms with van der Waals surface area (Å²) in [4.78, 5) is 50.3. The number of thiocarbonyl (C=S) groups is 2. The zero-order valence-electron chi connectivity index (χ0n) is 41.1. The number of halogens is 2. The van der Waals surface area contributed by atoms with E-state index in [1.54, 1.807) is 0 Å². The summed E-state index contributed by atoms with van der Waals surface area (Å²) >= 11 is 9.83. The van der Waals surface area contributed by atoms with Crippen molar-refractivity contribution in [2.24, 2.45) is 76.6 Å². The minimum atomic E-state index is 0. The molecular formula is C48H70Cl2N20O2S2. The number of hydrogen-bond acceptors (Lipinski definition) is 10. The van der Waals surface area contributed by atoms with Gasteiger partial charge in [0.25, 0.3) is 11.9 Å². The van der Waals surface area contributed by atoms with Gasteiger partial charge in [0.2, 0.25) is 0 Å². The van der Waals surface area contributed by atoms with Crippen LogP contribution in [0.2, 0.25) is 0 Å². The number of nitrogens with zero attached hydrogens (tertiary/aromatic N) is 5. The molecule has 22 nitrogen and oxygen atoms in total. The molecule has 0 spiro atoms. The number of carbonyl (C=O) groups excluding carboxylic acids is 2. The predicted molar refractivity (Wildman–Crippen MR) is 297 cm³/mol. The van der Waals surface area contributed by atoms with Gasteiger partial charge in [-0.15, -0.1) is 0 Å². The first-order chi connectivity index (χ1) is 34.7. The summed E-state index contributed by atoms with van der Waals surface area (Å²) in [5.74, 6) is 1.30. The number of isothiocyanates is 1. The van der Waals surface area contributed by atoms with Gasteiger partial charge in [-0.25, -0.2) is 25.6 Å². The fourth-order valence-corrected chi connectivity index (χ4v) is 5.89. The van der Waals surface area contributed by atoms with Crippen molar-refractivity contribution < 1.29 is 44.4 Å². The van der Waals surface area contributed by atoms with Crippen molar-refractivity contribution in [2.45, 2.75) is 38.8 Å². The molecule has 400 valence electrons. The maximum Gasteiger partial charge on any atom is 0.348 e. The van der Waals surface area contributed by atoms with E-state index in [1.165, 1.54) is 0 Å². The molecular weight excluding hydrogens is 1020 g/mol. The molecule has 0 saturated carbocycles. The monoisotopic (exact) mass is 1090 g/mol. The van der Waals surface area contributed by atoms with Crippen LogP contribution in [0.4, 0.5) is 0 Å². The molecule has 4 aromatic rings. The Balaban J connectivity index is 0.00000118. The van der Waals surface area contributed by atoms with Crippen molar-refractivity contribution in [1.29, 1.82) is 0 Å². The Hall–Kier alpha value is -7.73. The molecule has 0 radical (unpaired) electrons. The van der Waals surface area contributed by atoms with Crippen LogP contribution >= 0.6 is 24.4 Å². The van der Waals surface area contributed by atoms with Crippen LogP contribution in [0.3, 0.4) is 0 Å². The standard InChI is InChI=1S/C24H34N10OS.C15H11NOS.C9H23N9.2ClH/c25-21(26)29-12-4-13-30-22(27)34-23(28)31-14-5-15-32-24(36)33-16-17-8-10-19(11-9-17)20(35)18-6-2-1-3-7-18;17-15(13-4-2-1-3-5-13)14-8-6-12(7-9-14)10-16-11-18;10-3-1-4-16-8(13)18-9(14)17-6-2-5-15-7(11)12;;/h1-3,6-11H,4-5,12-16H2,(H4,25,26,29)(H2,32,33,36)(H5,27,28,30,31,34);1-9H,10H2;1-6,10H2,(H4,11,12,15)(H5,13,14,16,17,18);2*1H. The number of ketones is 2. The second-order valence-electron chi connectivity index (χ2n) is 15.1. The zero-order chi connectivity index (χ0) is 52.8. The van der Waals surface area contributed by atoms with E-state index in [2.05, 4.69) is 73.6 Å². The third-order valence-electron chi connectivity index (χ3n) is 9.25. The molecule has 0 atom stereocenters. The Morgan fingerprint density at radius 2 is 0.946 bits per heavy atom. The van der Waals surface area contributed by atoms with Crippen molar-refractivity contribution in [3.05, 3.63) is 143 Å². The number of aliphatic imine (C=N–C) groups is 5. The van der Waals surface area contributed by atoms with Crippen LogP contribution in [0, 0.1) is 0 Å². The SMILES string of the molecule is NC(N)=NCCCN=C(N)NC(N)=[NH+]CCCNC(=S)NCc1ccc(C(=O)c2ccccc2)cc1.NCCCN=C(N)NC(N)=[NH+]CCCN=C(N)N.O=C(c1ccccc1)c1ccc(CN=C=S)cc1.[Cl-].[Cl-]. The van der Waals surface area contributed by atoms with Crippen LogP contribution < -0.4 is 108 Å². The van der Waals surface area contributed by atoms with Gasteiger partial charge >= 0.3 is 11.9 Å². The highest BCUT2D eigenvalue weighted by atomic mass is 35.5. The zero-order valence-corrected chi connectivity index (χ0v) is 44.3. The summed E-state index contributed by atoms with van der Waals surface area (Å²) in [6.45, 7) is 5.63. The normalized spacial score (nSPS) is 10.9. The molecule has 0 aliphatic carbocycles. The highest BCUT2D eigenvalue weighted by molar-refractivity contribution is 7.80. The first-order valence-electron chi connectivity index (χ1n) is 22.8. The largest absolute Gasteiger partial charge is 1.00 e. The van der Waals surface area contributed by atoms with Crippen molar-refractivity contribution >= 4 is 82.0 Å². The topological polar surface area (TPSA) is 406 Å². The fourth-order valence-electron chi connectivity index (χ4n) is 5.65. The second kappa shape index (κ2) is 40.8. The van der Waals surface area contributed by atoms with Gasteiger partial charge in [-0.05, 0) is 67.8 Å². The third-order valence-corrected chi connectivity index (χ3v) is 9.66. The average molecular weight is 1090 g/mol. The summed E-state index contributed by atoms with van der Waals surface area (Å²) in [5.41, 5.74) is 53.8. The number of nitrogens with two attached hydrogens (primary N) is 9. The van der Waals surface area contributed by atoms with E-state index in [0.29, 0.717) is 111 Å². The quantitative estimate of drug-likeness (QED) is 0.0108. The van der Waals surface area contributed by atoms with Crippen molar-refractivity contribution in [3.63, 3.8) is 0 Å². The van der Waals surface area contributed by atoms with E-state index in [-0.39, 0.29) is 60.2 Å². The Morgan fingerprint density at radius 1 is 0.527 bits per heavy atom. The fraction of sp³-hybridized carbons (Fsp3) is 0.292. The highest BCUT2D eigenvalue weighted by Gasteiger charge is 2.10. The molecule has 0 aliphatic heterocycles. The van der Waals surface area contributed by atoms with Gasteiger partial charge in [0.1, 0.15) is 0 Å². The van der Waals surface area contributed by atoms with Crippen LogP contribution in [0.1, 0.15) is 68.7 Å². The van der Waals surface area contributed by atoms with Crippen LogP contribution in [0.15, 0.2) is 134 Å². The maximum atomic E-state index is 12.5. The van der Waals surface area contributed by atoms with Gasteiger partial charge < -0.3 is 75.6 Å². The van der Waals surface area contributed by atoms with Crippen molar-refractivity contribution in [3.8, 4) is 0 Å². The van der Waals surface area contributed by atoms with Crippen LogP contribution in [0.25, 0.3) is 0 Å². The summed E-state index contributed by atoms with van der Waals surface area (Å²) in [6.07, 6.45) is 2.99. The van der Waals surface area contributed by atoms with Crippen LogP contribution in [-0.2, 0) is 13.1 Å². The third kappa shape index (κ3) is 31.6. The lowest BCUT2D eigenvalue weighted by molar-refractivity contribution is -0.460. The van der Waals surface area contributed by atoms with E-state index >= 15 is 0 Å². The van der Waals surface area contributed by atoms with E-state index in [4.69, 9.17) is 63.8 Å². The van der Waals surface area contributed by atoms with Gasteiger partial charge in [0, 0.05) is 61.5 Å². The molecule has 4 rings (SSSR count). The van der Waals surface area contributed by atoms with Crippen molar-refractivity contribution in [2.75, 3.05) is 52.4 Å².